The van der Waals surface area contributed by atoms with E-state index >= 15 is 0 Å². The number of halogens is 1. The van der Waals surface area contributed by atoms with Crippen LogP contribution in [0, 0.1) is 0 Å². The number of thiazole rings is 1. The molecule has 0 saturated carbocycles. The molecule has 0 aliphatic carbocycles. The van der Waals surface area contributed by atoms with E-state index in [9.17, 15) is 0 Å². The predicted octanol–water partition coefficient (Wildman–Crippen LogP) is 4.48. The van der Waals surface area contributed by atoms with Crippen LogP contribution in [0.1, 0.15) is 19.0 Å². The van der Waals surface area contributed by atoms with Gasteiger partial charge >= 0.3 is 0 Å². The molecular formula is C10H10ClNS2. The van der Waals surface area contributed by atoms with Crippen molar-refractivity contribution in [2.75, 3.05) is 0 Å². The van der Waals surface area contributed by atoms with Gasteiger partial charge in [0.2, 0.25) is 0 Å². The Morgan fingerprint density at radius 3 is 2.93 bits per heavy atom. The second-order valence-electron chi connectivity index (χ2n) is 3.00. The Kier molecular flexibility index (Phi) is 3.21. The fourth-order valence-electron chi connectivity index (χ4n) is 1.22. The topological polar surface area (TPSA) is 12.9 Å². The Morgan fingerprint density at radius 1 is 1.43 bits per heavy atom. The molecule has 0 radical (unpaired) electrons. The molecule has 74 valence electrons. The molecule has 2 heterocycles. The number of rotatable bonds is 3. The van der Waals surface area contributed by atoms with Gasteiger partial charge in [0.05, 0.1) is 14.9 Å². The van der Waals surface area contributed by atoms with Crippen molar-refractivity contribution >= 4 is 34.3 Å². The zero-order chi connectivity index (χ0) is 9.97. The van der Waals surface area contributed by atoms with Gasteiger partial charge in [-0.05, 0) is 18.6 Å². The minimum absolute atomic E-state index is 0.826. The monoisotopic (exact) mass is 243 g/mol. The zero-order valence-corrected chi connectivity index (χ0v) is 10.2. The lowest BCUT2D eigenvalue weighted by molar-refractivity contribution is 0.894. The van der Waals surface area contributed by atoms with Crippen molar-refractivity contribution in [1.29, 1.82) is 0 Å². The average Bonchev–Trinajstić information content (AvgIpc) is 2.74. The zero-order valence-electron chi connectivity index (χ0n) is 7.79. The maximum absolute atomic E-state index is 5.87. The van der Waals surface area contributed by atoms with Gasteiger partial charge in [-0.2, -0.15) is 0 Å². The summed E-state index contributed by atoms with van der Waals surface area (Å²) in [7, 11) is 0. The van der Waals surface area contributed by atoms with E-state index in [-0.39, 0.29) is 0 Å². The van der Waals surface area contributed by atoms with Gasteiger partial charge in [-0.3, -0.25) is 0 Å². The van der Waals surface area contributed by atoms with Gasteiger partial charge in [-0.1, -0.05) is 24.9 Å². The summed E-state index contributed by atoms with van der Waals surface area (Å²) in [5, 5.41) is 3.22. The number of thiophene rings is 1. The lowest BCUT2D eigenvalue weighted by Crippen LogP contribution is -1.81. The first-order valence-electron chi connectivity index (χ1n) is 4.49. The van der Waals surface area contributed by atoms with Gasteiger partial charge in [0.15, 0.2) is 0 Å². The van der Waals surface area contributed by atoms with Crippen molar-refractivity contribution in [3.05, 3.63) is 27.5 Å². The number of aromatic nitrogens is 1. The van der Waals surface area contributed by atoms with Crippen molar-refractivity contribution in [3.63, 3.8) is 0 Å². The van der Waals surface area contributed by atoms with Crippen LogP contribution < -0.4 is 0 Å². The summed E-state index contributed by atoms with van der Waals surface area (Å²) in [5.41, 5.74) is 1.19. The smallest absolute Gasteiger partial charge is 0.133 e. The Bertz CT molecular complexity index is 419. The predicted molar refractivity (Wildman–Crippen MR) is 64.4 cm³/mol. The van der Waals surface area contributed by atoms with E-state index in [1.54, 1.807) is 22.7 Å². The van der Waals surface area contributed by atoms with E-state index in [0.717, 1.165) is 22.2 Å². The summed E-state index contributed by atoms with van der Waals surface area (Å²) < 4.78 is 0.826. The Hall–Kier alpha value is -0.380. The van der Waals surface area contributed by atoms with Crippen molar-refractivity contribution in [2.45, 2.75) is 19.8 Å². The molecule has 0 spiro atoms. The van der Waals surface area contributed by atoms with Crippen LogP contribution in [0.4, 0.5) is 0 Å². The molecule has 0 saturated heterocycles. The van der Waals surface area contributed by atoms with E-state index < -0.39 is 0 Å². The quantitative estimate of drug-likeness (QED) is 0.775. The summed E-state index contributed by atoms with van der Waals surface area (Å²) in [4.78, 5) is 5.72. The lowest BCUT2D eigenvalue weighted by atomic mass is 10.3. The maximum atomic E-state index is 5.87. The molecule has 0 aliphatic rings. The lowest BCUT2D eigenvalue weighted by Gasteiger charge is -1.89. The summed E-state index contributed by atoms with van der Waals surface area (Å²) in [6.07, 6.45) is 2.21. The Balaban J connectivity index is 2.24. The summed E-state index contributed by atoms with van der Waals surface area (Å²) in [6, 6.07) is 3.95. The second kappa shape index (κ2) is 4.43. The normalized spacial score (nSPS) is 10.7. The van der Waals surface area contributed by atoms with Crippen molar-refractivity contribution in [1.82, 2.24) is 4.98 Å². The number of hydrogen-bond acceptors (Lipinski definition) is 3. The minimum Gasteiger partial charge on any atom is -0.240 e. The first-order valence-corrected chi connectivity index (χ1v) is 6.57. The third-order valence-electron chi connectivity index (χ3n) is 1.84. The van der Waals surface area contributed by atoms with Gasteiger partial charge in [0.1, 0.15) is 5.01 Å². The van der Waals surface area contributed by atoms with E-state index in [1.165, 1.54) is 10.6 Å². The van der Waals surface area contributed by atoms with Crippen LogP contribution in [0.3, 0.4) is 0 Å². The third-order valence-corrected chi connectivity index (χ3v) is 4.13. The van der Waals surface area contributed by atoms with Gasteiger partial charge in [-0.25, -0.2) is 4.98 Å². The van der Waals surface area contributed by atoms with Gasteiger partial charge in [0, 0.05) is 5.38 Å². The molecular weight excluding hydrogens is 234 g/mol. The molecule has 0 fully saturated rings. The van der Waals surface area contributed by atoms with Crippen LogP contribution in [0.2, 0.25) is 4.34 Å². The highest BCUT2D eigenvalue weighted by molar-refractivity contribution is 7.23. The molecule has 0 amide bonds. The summed E-state index contributed by atoms with van der Waals surface area (Å²) >= 11 is 9.16. The molecule has 0 unspecified atom stereocenters. The molecule has 0 N–H and O–H groups in total. The highest BCUT2D eigenvalue weighted by atomic mass is 35.5. The van der Waals surface area contributed by atoms with Gasteiger partial charge in [-0.15, -0.1) is 22.7 Å². The highest BCUT2D eigenvalue weighted by Crippen LogP contribution is 2.32. The number of nitrogens with zero attached hydrogens (tertiary/aromatic N) is 1. The molecule has 0 aliphatic heterocycles. The van der Waals surface area contributed by atoms with E-state index in [4.69, 9.17) is 11.6 Å². The Morgan fingerprint density at radius 2 is 2.29 bits per heavy atom. The molecule has 1 nitrogen and oxygen atoms in total. The molecule has 2 aromatic rings. The average molecular weight is 244 g/mol. The van der Waals surface area contributed by atoms with Crippen LogP contribution in [-0.2, 0) is 6.42 Å². The third kappa shape index (κ3) is 2.16. The van der Waals surface area contributed by atoms with Crippen molar-refractivity contribution in [3.8, 4) is 9.88 Å². The van der Waals surface area contributed by atoms with Crippen molar-refractivity contribution in [2.24, 2.45) is 0 Å². The number of aryl methyl sites for hydroxylation is 1. The maximum Gasteiger partial charge on any atom is 0.133 e. The van der Waals surface area contributed by atoms with Crippen molar-refractivity contribution < 1.29 is 0 Å². The fraction of sp³-hybridized carbons (Fsp3) is 0.300. The minimum atomic E-state index is 0.826. The van der Waals surface area contributed by atoms with Gasteiger partial charge < -0.3 is 0 Å². The van der Waals surface area contributed by atoms with E-state index in [1.807, 2.05) is 12.1 Å². The standard InChI is InChI=1S/C10H10ClNS2/c1-2-3-7-6-13-10(12-7)8-4-5-9(11)14-8/h4-6H,2-3H2,1H3. The highest BCUT2D eigenvalue weighted by Gasteiger charge is 2.06. The molecule has 0 aromatic carbocycles. The molecule has 14 heavy (non-hydrogen) atoms. The molecule has 4 heteroatoms. The SMILES string of the molecule is CCCc1csc(-c2ccc(Cl)s2)n1. The van der Waals surface area contributed by atoms with Crippen LogP contribution >= 0.6 is 34.3 Å². The summed E-state index contributed by atoms with van der Waals surface area (Å²) in [6.45, 7) is 2.17. The summed E-state index contributed by atoms with van der Waals surface area (Å²) in [5.74, 6) is 0. The Labute approximate surface area is 96.4 Å². The number of hydrogen-bond donors (Lipinski definition) is 0. The fourth-order valence-corrected chi connectivity index (χ4v) is 3.19. The van der Waals surface area contributed by atoms with E-state index in [0.29, 0.717) is 0 Å². The second-order valence-corrected chi connectivity index (χ2v) is 5.57. The van der Waals surface area contributed by atoms with Crippen LogP contribution in [0.25, 0.3) is 9.88 Å². The van der Waals surface area contributed by atoms with Crippen LogP contribution in [-0.4, -0.2) is 4.98 Å². The van der Waals surface area contributed by atoms with Gasteiger partial charge in [0.25, 0.3) is 0 Å². The van der Waals surface area contributed by atoms with Crippen LogP contribution in [0.5, 0.6) is 0 Å². The molecule has 0 bridgehead atoms. The van der Waals surface area contributed by atoms with Crippen LogP contribution in [0.15, 0.2) is 17.5 Å². The van der Waals surface area contributed by atoms with E-state index in [2.05, 4.69) is 17.3 Å². The molecule has 2 rings (SSSR count). The molecule has 2 aromatic heterocycles. The largest absolute Gasteiger partial charge is 0.240 e. The molecule has 0 atom stereocenters. The first-order chi connectivity index (χ1) is 6.79. The first kappa shape index (κ1) is 10.1.